The van der Waals surface area contributed by atoms with Crippen molar-refractivity contribution in [3.63, 3.8) is 0 Å². The SMILES string of the molecule is CCCS(=O)(=O)c1ccccc1C(=O)Nc1ncc(Cc2ccc(C#N)cc2)s1. The summed E-state index contributed by atoms with van der Waals surface area (Å²) in [6.07, 6.45) is 2.78. The minimum Gasteiger partial charge on any atom is -0.298 e. The van der Waals surface area contributed by atoms with Gasteiger partial charge in [0.25, 0.3) is 5.91 Å². The number of amides is 1. The number of nitrogens with zero attached hydrogens (tertiary/aromatic N) is 2. The zero-order valence-electron chi connectivity index (χ0n) is 15.8. The van der Waals surface area contributed by atoms with Gasteiger partial charge in [-0.1, -0.05) is 31.2 Å². The van der Waals surface area contributed by atoms with Crippen LogP contribution < -0.4 is 5.32 Å². The summed E-state index contributed by atoms with van der Waals surface area (Å²) in [4.78, 5) is 17.9. The van der Waals surface area contributed by atoms with E-state index in [-0.39, 0.29) is 16.2 Å². The van der Waals surface area contributed by atoms with E-state index in [1.165, 1.54) is 23.5 Å². The molecule has 0 aliphatic heterocycles. The van der Waals surface area contributed by atoms with Crippen LogP contribution in [-0.2, 0) is 16.3 Å². The highest BCUT2D eigenvalue weighted by atomic mass is 32.2. The Morgan fingerprint density at radius 3 is 2.59 bits per heavy atom. The third kappa shape index (κ3) is 5.08. The van der Waals surface area contributed by atoms with Gasteiger partial charge in [0.2, 0.25) is 0 Å². The molecule has 3 rings (SSSR count). The number of carbonyl (C=O) groups is 1. The summed E-state index contributed by atoms with van der Waals surface area (Å²) < 4.78 is 24.9. The van der Waals surface area contributed by atoms with Gasteiger partial charge >= 0.3 is 0 Å². The molecule has 2 aromatic carbocycles. The van der Waals surface area contributed by atoms with Gasteiger partial charge < -0.3 is 0 Å². The number of nitrogens with one attached hydrogen (secondary N) is 1. The molecule has 1 aromatic heterocycles. The maximum Gasteiger partial charge on any atom is 0.258 e. The second kappa shape index (κ2) is 8.99. The van der Waals surface area contributed by atoms with E-state index >= 15 is 0 Å². The summed E-state index contributed by atoms with van der Waals surface area (Å²) in [5, 5.41) is 12.0. The number of rotatable bonds is 7. The highest BCUT2D eigenvalue weighted by Gasteiger charge is 2.22. The van der Waals surface area contributed by atoms with E-state index in [0.717, 1.165) is 10.4 Å². The van der Waals surface area contributed by atoms with Crippen molar-refractivity contribution in [3.05, 3.63) is 76.3 Å². The number of aromatic nitrogens is 1. The Labute approximate surface area is 173 Å². The van der Waals surface area contributed by atoms with Crippen LogP contribution in [0.5, 0.6) is 0 Å². The van der Waals surface area contributed by atoms with E-state index in [0.29, 0.717) is 23.5 Å². The summed E-state index contributed by atoms with van der Waals surface area (Å²) in [7, 11) is -3.52. The molecule has 0 aliphatic carbocycles. The van der Waals surface area contributed by atoms with Crippen LogP contribution in [0.4, 0.5) is 5.13 Å². The molecule has 0 atom stereocenters. The third-order valence-electron chi connectivity index (χ3n) is 4.18. The fourth-order valence-electron chi connectivity index (χ4n) is 2.81. The molecule has 1 N–H and O–H groups in total. The minimum absolute atomic E-state index is 0.0106. The quantitative estimate of drug-likeness (QED) is 0.616. The average molecular weight is 426 g/mol. The van der Waals surface area contributed by atoms with E-state index in [2.05, 4.69) is 16.4 Å². The molecule has 8 heteroatoms. The monoisotopic (exact) mass is 425 g/mol. The molecule has 0 spiro atoms. The lowest BCUT2D eigenvalue weighted by Crippen LogP contribution is -2.17. The van der Waals surface area contributed by atoms with Crippen LogP contribution in [0, 0.1) is 11.3 Å². The van der Waals surface area contributed by atoms with E-state index in [1.807, 2.05) is 12.1 Å². The van der Waals surface area contributed by atoms with Crippen LogP contribution in [0.2, 0.25) is 0 Å². The highest BCUT2D eigenvalue weighted by molar-refractivity contribution is 7.91. The van der Waals surface area contributed by atoms with Crippen molar-refractivity contribution >= 4 is 32.2 Å². The lowest BCUT2D eigenvalue weighted by Gasteiger charge is -2.09. The Kier molecular flexibility index (Phi) is 6.42. The van der Waals surface area contributed by atoms with Gasteiger partial charge in [0.15, 0.2) is 15.0 Å². The first-order chi connectivity index (χ1) is 13.9. The number of hydrogen-bond donors (Lipinski definition) is 1. The number of carbonyl (C=O) groups excluding carboxylic acids is 1. The molecule has 0 radical (unpaired) electrons. The fraction of sp³-hybridized carbons (Fsp3) is 0.190. The van der Waals surface area contributed by atoms with Gasteiger partial charge in [0, 0.05) is 17.5 Å². The second-order valence-corrected chi connectivity index (χ2v) is 9.58. The Balaban J connectivity index is 1.75. The van der Waals surface area contributed by atoms with E-state index < -0.39 is 15.7 Å². The molecule has 3 aromatic rings. The Morgan fingerprint density at radius 2 is 1.90 bits per heavy atom. The minimum atomic E-state index is -3.52. The molecule has 1 heterocycles. The lowest BCUT2D eigenvalue weighted by atomic mass is 10.1. The summed E-state index contributed by atoms with van der Waals surface area (Å²) in [6, 6.07) is 15.6. The number of anilines is 1. The molecule has 0 saturated heterocycles. The first-order valence-corrected chi connectivity index (χ1v) is 11.5. The zero-order chi connectivity index (χ0) is 20.9. The van der Waals surface area contributed by atoms with Crippen molar-refractivity contribution in [2.45, 2.75) is 24.7 Å². The number of benzene rings is 2. The number of hydrogen-bond acceptors (Lipinski definition) is 6. The van der Waals surface area contributed by atoms with Crippen LogP contribution in [-0.4, -0.2) is 25.1 Å². The lowest BCUT2D eigenvalue weighted by molar-refractivity contribution is 0.102. The summed E-state index contributed by atoms with van der Waals surface area (Å²) in [5.74, 6) is -0.511. The molecule has 0 aliphatic rings. The Hall–Kier alpha value is -3.02. The molecule has 6 nitrogen and oxygen atoms in total. The Bertz CT molecular complexity index is 1160. The molecular weight excluding hydrogens is 406 g/mol. The van der Waals surface area contributed by atoms with Gasteiger partial charge in [-0.3, -0.25) is 10.1 Å². The predicted octanol–water partition coefficient (Wildman–Crippen LogP) is 4.04. The molecule has 1 amide bonds. The zero-order valence-corrected chi connectivity index (χ0v) is 17.4. The number of nitriles is 1. The van der Waals surface area contributed by atoms with Crippen LogP contribution in [0.1, 0.15) is 39.7 Å². The van der Waals surface area contributed by atoms with Crippen LogP contribution in [0.3, 0.4) is 0 Å². The van der Waals surface area contributed by atoms with Crippen LogP contribution in [0.25, 0.3) is 0 Å². The van der Waals surface area contributed by atoms with Gasteiger partial charge in [0.1, 0.15) is 0 Å². The maximum atomic E-state index is 12.7. The molecule has 0 saturated carbocycles. The topological polar surface area (TPSA) is 99.9 Å². The predicted molar refractivity (Wildman–Crippen MR) is 113 cm³/mol. The summed E-state index contributed by atoms with van der Waals surface area (Å²) >= 11 is 1.33. The van der Waals surface area contributed by atoms with Crippen molar-refractivity contribution in [1.82, 2.24) is 4.98 Å². The van der Waals surface area contributed by atoms with E-state index in [4.69, 9.17) is 5.26 Å². The number of thiazole rings is 1. The normalized spacial score (nSPS) is 11.0. The van der Waals surface area contributed by atoms with Gasteiger partial charge in [-0.2, -0.15) is 5.26 Å². The van der Waals surface area contributed by atoms with E-state index in [1.54, 1.807) is 37.4 Å². The van der Waals surface area contributed by atoms with Gasteiger partial charge in [-0.25, -0.2) is 13.4 Å². The highest BCUT2D eigenvalue weighted by Crippen LogP contribution is 2.24. The largest absolute Gasteiger partial charge is 0.298 e. The van der Waals surface area contributed by atoms with Crippen LogP contribution >= 0.6 is 11.3 Å². The maximum absolute atomic E-state index is 12.7. The third-order valence-corrected chi connectivity index (χ3v) is 7.06. The van der Waals surface area contributed by atoms with Crippen molar-refractivity contribution in [3.8, 4) is 6.07 Å². The molecule has 148 valence electrons. The fourth-order valence-corrected chi connectivity index (χ4v) is 5.19. The van der Waals surface area contributed by atoms with Crippen molar-refractivity contribution < 1.29 is 13.2 Å². The number of sulfone groups is 1. The van der Waals surface area contributed by atoms with Crippen molar-refractivity contribution in [2.75, 3.05) is 11.1 Å². The van der Waals surface area contributed by atoms with Crippen molar-refractivity contribution in [1.29, 1.82) is 5.26 Å². The average Bonchev–Trinajstić information content (AvgIpc) is 3.15. The van der Waals surface area contributed by atoms with Gasteiger partial charge in [-0.15, -0.1) is 11.3 Å². The summed E-state index contributed by atoms with van der Waals surface area (Å²) in [5.41, 5.74) is 1.74. The molecule has 0 unspecified atom stereocenters. The molecule has 0 fully saturated rings. The summed E-state index contributed by atoms with van der Waals surface area (Å²) in [6.45, 7) is 1.78. The second-order valence-electron chi connectivity index (χ2n) is 6.39. The van der Waals surface area contributed by atoms with Gasteiger partial charge in [0.05, 0.1) is 27.8 Å². The smallest absolute Gasteiger partial charge is 0.258 e. The van der Waals surface area contributed by atoms with Crippen LogP contribution in [0.15, 0.2) is 59.6 Å². The molecule has 0 bridgehead atoms. The first-order valence-electron chi connectivity index (χ1n) is 9.00. The Morgan fingerprint density at radius 1 is 1.17 bits per heavy atom. The van der Waals surface area contributed by atoms with E-state index in [9.17, 15) is 13.2 Å². The van der Waals surface area contributed by atoms with Gasteiger partial charge in [-0.05, 0) is 36.2 Å². The standard InChI is InChI=1S/C21H19N3O3S2/c1-2-11-29(26,27)19-6-4-3-5-18(19)20(25)24-21-23-14-17(28-21)12-15-7-9-16(13-22)10-8-15/h3-10,14H,2,11-12H2,1H3,(H,23,24,25). The first kappa shape index (κ1) is 20.7. The van der Waals surface area contributed by atoms with Crippen molar-refractivity contribution in [2.24, 2.45) is 0 Å². The molecule has 29 heavy (non-hydrogen) atoms. The molecular formula is C21H19N3O3S2.